The van der Waals surface area contributed by atoms with E-state index >= 15 is 0 Å². The molecule has 1 aromatic heterocycles. The Morgan fingerprint density at radius 2 is 2.17 bits per heavy atom. The zero-order chi connectivity index (χ0) is 12.3. The highest BCUT2D eigenvalue weighted by molar-refractivity contribution is 7.13. The summed E-state index contributed by atoms with van der Waals surface area (Å²) in [6.07, 6.45) is 5.73. The summed E-state index contributed by atoms with van der Waals surface area (Å²) in [5.74, 6) is -0.0748. The number of anilines is 1. The second kappa shape index (κ2) is 6.50. The van der Waals surface area contributed by atoms with Crippen molar-refractivity contribution < 1.29 is 4.79 Å². The van der Waals surface area contributed by atoms with Crippen LogP contribution in [0.3, 0.4) is 0 Å². The number of halogens is 1. The Kier molecular flexibility index (Phi) is 5.56. The summed E-state index contributed by atoms with van der Waals surface area (Å²) >= 11 is 1.47. The van der Waals surface area contributed by atoms with Gasteiger partial charge in [-0.15, -0.1) is 23.7 Å². The lowest BCUT2D eigenvalue weighted by atomic mass is 9.82. The van der Waals surface area contributed by atoms with Crippen molar-refractivity contribution >= 4 is 34.8 Å². The first-order chi connectivity index (χ1) is 8.14. The number of aromatic nitrogens is 1. The SMILES string of the molecule is CCc1csc(NC(=O)C2(N)CCCCC2)n1.Cl. The molecule has 1 amide bonds. The molecule has 1 aliphatic carbocycles. The summed E-state index contributed by atoms with van der Waals surface area (Å²) in [6.45, 7) is 2.05. The van der Waals surface area contributed by atoms with E-state index in [1.165, 1.54) is 17.8 Å². The minimum atomic E-state index is -0.684. The Morgan fingerprint density at radius 3 is 2.72 bits per heavy atom. The van der Waals surface area contributed by atoms with Crippen LogP contribution in [0.25, 0.3) is 0 Å². The van der Waals surface area contributed by atoms with Gasteiger partial charge in [-0.05, 0) is 19.3 Å². The number of carbonyl (C=O) groups is 1. The Bertz CT molecular complexity index is 402. The number of hydrogen-bond donors (Lipinski definition) is 2. The molecular weight excluding hydrogens is 270 g/mol. The quantitative estimate of drug-likeness (QED) is 0.899. The maximum atomic E-state index is 12.1. The smallest absolute Gasteiger partial charge is 0.246 e. The van der Waals surface area contributed by atoms with Gasteiger partial charge in [0.25, 0.3) is 0 Å². The fourth-order valence-corrected chi connectivity index (χ4v) is 2.95. The Balaban J connectivity index is 0.00000162. The number of nitrogens with two attached hydrogens (primary N) is 1. The third-order valence-corrected chi connectivity index (χ3v) is 4.14. The van der Waals surface area contributed by atoms with E-state index < -0.39 is 5.54 Å². The monoisotopic (exact) mass is 289 g/mol. The predicted molar refractivity (Wildman–Crippen MR) is 77.4 cm³/mol. The Hall–Kier alpha value is -0.650. The summed E-state index contributed by atoms with van der Waals surface area (Å²) < 4.78 is 0. The summed E-state index contributed by atoms with van der Waals surface area (Å²) in [5, 5.41) is 5.49. The molecule has 0 unspecified atom stereocenters. The number of carbonyl (C=O) groups excluding carboxylic acids is 1. The molecule has 0 bridgehead atoms. The van der Waals surface area contributed by atoms with Gasteiger partial charge in [0.2, 0.25) is 5.91 Å². The molecule has 0 atom stereocenters. The van der Waals surface area contributed by atoms with Gasteiger partial charge in [0.1, 0.15) is 0 Å². The number of nitrogens with one attached hydrogen (secondary N) is 1. The van der Waals surface area contributed by atoms with E-state index in [2.05, 4.69) is 10.3 Å². The molecule has 102 valence electrons. The lowest BCUT2D eigenvalue weighted by molar-refractivity contribution is -0.122. The van der Waals surface area contributed by atoms with E-state index in [1.54, 1.807) is 0 Å². The molecule has 3 N–H and O–H groups in total. The van der Waals surface area contributed by atoms with Crippen molar-refractivity contribution in [1.29, 1.82) is 0 Å². The third kappa shape index (κ3) is 3.43. The highest BCUT2D eigenvalue weighted by Gasteiger charge is 2.35. The van der Waals surface area contributed by atoms with Crippen molar-refractivity contribution in [3.05, 3.63) is 11.1 Å². The fourth-order valence-electron chi connectivity index (χ4n) is 2.16. The highest BCUT2D eigenvalue weighted by Crippen LogP contribution is 2.27. The molecule has 1 saturated carbocycles. The van der Waals surface area contributed by atoms with Crippen molar-refractivity contribution in [3.8, 4) is 0 Å². The van der Waals surface area contributed by atoms with Crippen LogP contribution in [-0.4, -0.2) is 16.4 Å². The maximum absolute atomic E-state index is 12.1. The van der Waals surface area contributed by atoms with E-state index in [0.29, 0.717) is 5.13 Å². The van der Waals surface area contributed by atoms with Crippen molar-refractivity contribution in [2.45, 2.75) is 51.0 Å². The molecule has 1 aromatic rings. The normalized spacial score (nSPS) is 17.9. The highest BCUT2D eigenvalue weighted by atomic mass is 35.5. The van der Waals surface area contributed by atoms with Gasteiger partial charge >= 0.3 is 0 Å². The molecule has 4 nitrogen and oxygen atoms in total. The number of rotatable bonds is 3. The second-order valence-corrected chi connectivity index (χ2v) is 5.53. The molecule has 6 heteroatoms. The summed E-state index contributed by atoms with van der Waals surface area (Å²) in [7, 11) is 0. The van der Waals surface area contributed by atoms with Crippen molar-refractivity contribution in [2.75, 3.05) is 5.32 Å². The molecule has 1 heterocycles. The van der Waals surface area contributed by atoms with Gasteiger partial charge in [-0.3, -0.25) is 4.79 Å². The topological polar surface area (TPSA) is 68.0 Å². The van der Waals surface area contributed by atoms with Gasteiger partial charge in [0.05, 0.1) is 11.2 Å². The van der Waals surface area contributed by atoms with E-state index in [-0.39, 0.29) is 18.3 Å². The molecular formula is C12H20ClN3OS. The van der Waals surface area contributed by atoms with Crippen LogP contribution >= 0.6 is 23.7 Å². The van der Waals surface area contributed by atoms with E-state index in [1.807, 2.05) is 12.3 Å². The van der Waals surface area contributed by atoms with Gasteiger partial charge < -0.3 is 11.1 Å². The van der Waals surface area contributed by atoms with Gasteiger partial charge in [-0.2, -0.15) is 0 Å². The fraction of sp³-hybridized carbons (Fsp3) is 0.667. The van der Waals surface area contributed by atoms with Crippen LogP contribution in [0.1, 0.15) is 44.7 Å². The van der Waals surface area contributed by atoms with E-state index in [4.69, 9.17) is 5.73 Å². The zero-order valence-electron chi connectivity index (χ0n) is 10.6. The lowest BCUT2D eigenvalue weighted by Crippen LogP contribution is -2.52. The van der Waals surface area contributed by atoms with Gasteiger partial charge in [-0.1, -0.05) is 26.2 Å². The minimum absolute atomic E-state index is 0. The van der Waals surface area contributed by atoms with E-state index in [0.717, 1.165) is 37.8 Å². The first-order valence-electron chi connectivity index (χ1n) is 6.19. The molecule has 1 aliphatic rings. The number of aryl methyl sites for hydroxylation is 1. The number of nitrogens with zero attached hydrogens (tertiary/aromatic N) is 1. The number of amides is 1. The predicted octanol–water partition coefficient (Wildman–Crippen LogP) is 2.73. The first kappa shape index (κ1) is 15.4. The second-order valence-electron chi connectivity index (χ2n) is 4.67. The molecule has 0 spiro atoms. The first-order valence-corrected chi connectivity index (χ1v) is 7.07. The van der Waals surface area contributed by atoms with Crippen molar-refractivity contribution in [2.24, 2.45) is 5.73 Å². The van der Waals surface area contributed by atoms with Crippen LogP contribution in [-0.2, 0) is 11.2 Å². The molecule has 0 saturated heterocycles. The van der Waals surface area contributed by atoms with Crippen LogP contribution < -0.4 is 11.1 Å². The molecule has 1 fully saturated rings. The standard InChI is InChI=1S/C12H19N3OS.ClH/c1-2-9-8-17-11(14-9)15-10(16)12(13)6-4-3-5-7-12;/h8H,2-7,13H2,1H3,(H,14,15,16);1H. The van der Waals surface area contributed by atoms with Crippen LogP contribution in [0.4, 0.5) is 5.13 Å². The van der Waals surface area contributed by atoms with Crippen LogP contribution in [0, 0.1) is 0 Å². The minimum Gasteiger partial charge on any atom is -0.317 e. The Morgan fingerprint density at radius 1 is 1.50 bits per heavy atom. The summed E-state index contributed by atoms with van der Waals surface area (Å²) in [4.78, 5) is 16.4. The largest absolute Gasteiger partial charge is 0.317 e. The van der Waals surface area contributed by atoms with Crippen LogP contribution in [0.15, 0.2) is 5.38 Å². The van der Waals surface area contributed by atoms with Gasteiger partial charge in [-0.25, -0.2) is 4.98 Å². The Labute approximate surface area is 118 Å². The molecule has 18 heavy (non-hydrogen) atoms. The number of hydrogen-bond acceptors (Lipinski definition) is 4. The van der Waals surface area contributed by atoms with Crippen LogP contribution in [0.2, 0.25) is 0 Å². The van der Waals surface area contributed by atoms with E-state index in [9.17, 15) is 4.79 Å². The molecule has 0 radical (unpaired) electrons. The van der Waals surface area contributed by atoms with Gasteiger partial charge in [0, 0.05) is 5.38 Å². The number of thiazole rings is 1. The average molecular weight is 290 g/mol. The zero-order valence-corrected chi connectivity index (χ0v) is 12.2. The molecule has 0 aromatic carbocycles. The third-order valence-electron chi connectivity index (χ3n) is 3.33. The summed E-state index contributed by atoms with van der Waals surface area (Å²) in [5.41, 5.74) is 6.48. The average Bonchev–Trinajstić information content (AvgIpc) is 2.78. The van der Waals surface area contributed by atoms with Crippen molar-refractivity contribution in [1.82, 2.24) is 4.98 Å². The molecule has 0 aliphatic heterocycles. The molecule has 2 rings (SSSR count). The van der Waals surface area contributed by atoms with Crippen LogP contribution in [0.5, 0.6) is 0 Å². The maximum Gasteiger partial charge on any atom is 0.246 e. The van der Waals surface area contributed by atoms with Gasteiger partial charge in [0.15, 0.2) is 5.13 Å². The summed E-state index contributed by atoms with van der Waals surface area (Å²) in [6, 6.07) is 0. The van der Waals surface area contributed by atoms with Crippen molar-refractivity contribution in [3.63, 3.8) is 0 Å². The lowest BCUT2D eigenvalue weighted by Gasteiger charge is -2.31.